The molecular weight excluding hydrogens is 178 g/mol. The van der Waals surface area contributed by atoms with Crippen molar-refractivity contribution in [2.24, 2.45) is 5.73 Å². The third-order valence-corrected chi connectivity index (χ3v) is 2.42. The van der Waals surface area contributed by atoms with Gasteiger partial charge in [-0.15, -0.1) is 0 Å². The third-order valence-electron chi connectivity index (χ3n) is 2.42. The molecule has 0 amide bonds. The molecule has 2 atom stereocenters. The molecule has 3 heteroatoms. The summed E-state index contributed by atoms with van der Waals surface area (Å²) in [5.41, 5.74) is 7.14. The van der Waals surface area contributed by atoms with Crippen LogP contribution in [0.5, 0.6) is 0 Å². The highest BCUT2D eigenvalue weighted by Gasteiger charge is 2.07. The van der Waals surface area contributed by atoms with E-state index in [1.54, 1.807) is 19.6 Å². The van der Waals surface area contributed by atoms with Gasteiger partial charge in [0.25, 0.3) is 0 Å². The number of furan rings is 1. The summed E-state index contributed by atoms with van der Waals surface area (Å²) in [5, 5.41) is 0. The first-order valence-electron chi connectivity index (χ1n) is 5.02. The van der Waals surface area contributed by atoms with Crippen molar-refractivity contribution in [3.05, 3.63) is 24.2 Å². The quantitative estimate of drug-likeness (QED) is 0.758. The van der Waals surface area contributed by atoms with Crippen molar-refractivity contribution in [2.75, 3.05) is 7.11 Å². The minimum Gasteiger partial charge on any atom is -0.472 e. The zero-order valence-electron chi connectivity index (χ0n) is 8.90. The van der Waals surface area contributed by atoms with E-state index < -0.39 is 0 Å². The molecule has 0 saturated heterocycles. The Morgan fingerprint density at radius 3 is 2.86 bits per heavy atom. The second-order valence-electron chi connectivity index (χ2n) is 3.72. The number of rotatable bonds is 6. The van der Waals surface area contributed by atoms with Crippen LogP contribution in [0.1, 0.15) is 25.3 Å². The Morgan fingerprint density at radius 1 is 1.50 bits per heavy atom. The van der Waals surface area contributed by atoms with Gasteiger partial charge in [-0.2, -0.15) is 0 Å². The van der Waals surface area contributed by atoms with Gasteiger partial charge in [-0.1, -0.05) is 0 Å². The number of nitrogens with two attached hydrogens (primary N) is 1. The summed E-state index contributed by atoms with van der Waals surface area (Å²) in [5.74, 6) is 0. The van der Waals surface area contributed by atoms with Crippen molar-refractivity contribution < 1.29 is 9.15 Å². The Balaban J connectivity index is 2.19. The molecule has 0 aliphatic carbocycles. The van der Waals surface area contributed by atoms with Crippen molar-refractivity contribution in [2.45, 2.75) is 38.3 Å². The van der Waals surface area contributed by atoms with E-state index in [0.717, 1.165) is 19.3 Å². The van der Waals surface area contributed by atoms with Crippen molar-refractivity contribution in [1.29, 1.82) is 0 Å². The van der Waals surface area contributed by atoms with E-state index in [1.165, 1.54) is 5.56 Å². The SMILES string of the molecule is COC(C)CCC(N)Cc1ccoc1. The first-order valence-corrected chi connectivity index (χ1v) is 5.02. The van der Waals surface area contributed by atoms with Gasteiger partial charge in [0.2, 0.25) is 0 Å². The molecule has 0 spiro atoms. The lowest BCUT2D eigenvalue weighted by Gasteiger charge is -2.13. The van der Waals surface area contributed by atoms with Crippen molar-refractivity contribution in [3.63, 3.8) is 0 Å². The van der Waals surface area contributed by atoms with Crippen LogP contribution in [0.25, 0.3) is 0 Å². The van der Waals surface area contributed by atoms with E-state index in [0.29, 0.717) is 6.10 Å². The van der Waals surface area contributed by atoms with E-state index >= 15 is 0 Å². The largest absolute Gasteiger partial charge is 0.472 e. The summed E-state index contributed by atoms with van der Waals surface area (Å²) in [6.07, 6.45) is 6.60. The monoisotopic (exact) mass is 197 g/mol. The number of hydrogen-bond acceptors (Lipinski definition) is 3. The van der Waals surface area contributed by atoms with Crippen LogP contribution in [0.2, 0.25) is 0 Å². The maximum atomic E-state index is 5.97. The number of ether oxygens (including phenoxy) is 1. The van der Waals surface area contributed by atoms with Gasteiger partial charge in [-0.3, -0.25) is 0 Å². The third kappa shape index (κ3) is 3.94. The van der Waals surface area contributed by atoms with Gasteiger partial charge in [0.1, 0.15) is 0 Å². The second-order valence-corrected chi connectivity index (χ2v) is 3.72. The topological polar surface area (TPSA) is 48.4 Å². The van der Waals surface area contributed by atoms with Gasteiger partial charge in [-0.25, -0.2) is 0 Å². The summed E-state index contributed by atoms with van der Waals surface area (Å²) >= 11 is 0. The van der Waals surface area contributed by atoms with Crippen LogP contribution in [-0.4, -0.2) is 19.3 Å². The molecule has 0 aromatic carbocycles. The molecule has 1 heterocycles. The summed E-state index contributed by atoms with van der Waals surface area (Å²) in [6.45, 7) is 2.06. The molecule has 2 N–H and O–H groups in total. The Morgan fingerprint density at radius 2 is 2.29 bits per heavy atom. The minimum absolute atomic E-state index is 0.199. The fourth-order valence-corrected chi connectivity index (χ4v) is 1.38. The molecule has 1 aromatic heterocycles. The van der Waals surface area contributed by atoms with Crippen LogP contribution in [-0.2, 0) is 11.2 Å². The smallest absolute Gasteiger partial charge is 0.0935 e. The zero-order valence-corrected chi connectivity index (χ0v) is 8.90. The van der Waals surface area contributed by atoms with Gasteiger partial charge in [0.15, 0.2) is 0 Å². The lowest BCUT2D eigenvalue weighted by Crippen LogP contribution is -2.24. The fraction of sp³-hybridized carbons (Fsp3) is 0.636. The highest BCUT2D eigenvalue weighted by atomic mass is 16.5. The van der Waals surface area contributed by atoms with E-state index in [2.05, 4.69) is 6.92 Å². The van der Waals surface area contributed by atoms with Crippen LogP contribution in [0.4, 0.5) is 0 Å². The molecule has 14 heavy (non-hydrogen) atoms. The van der Waals surface area contributed by atoms with Crippen LogP contribution < -0.4 is 5.73 Å². The molecular formula is C11H19NO2. The minimum atomic E-state index is 0.199. The number of methoxy groups -OCH3 is 1. The summed E-state index contributed by atoms with van der Waals surface area (Å²) in [4.78, 5) is 0. The standard InChI is InChI=1S/C11H19NO2/c1-9(13-2)3-4-11(12)7-10-5-6-14-8-10/h5-6,8-9,11H,3-4,7,12H2,1-2H3. The fourth-order valence-electron chi connectivity index (χ4n) is 1.38. The molecule has 1 aromatic rings. The molecule has 0 radical (unpaired) electrons. The Bertz CT molecular complexity index is 233. The first-order chi connectivity index (χ1) is 6.72. The molecule has 0 bridgehead atoms. The second kappa shape index (κ2) is 5.83. The summed E-state index contributed by atoms with van der Waals surface area (Å²) in [7, 11) is 1.73. The highest BCUT2D eigenvalue weighted by molar-refractivity contribution is 5.06. The average Bonchev–Trinajstić information content (AvgIpc) is 2.66. The predicted molar refractivity (Wildman–Crippen MR) is 56.1 cm³/mol. The maximum Gasteiger partial charge on any atom is 0.0935 e. The lowest BCUT2D eigenvalue weighted by molar-refractivity contribution is 0.107. The highest BCUT2D eigenvalue weighted by Crippen LogP contribution is 2.08. The molecule has 0 saturated carbocycles. The molecule has 0 fully saturated rings. The van der Waals surface area contributed by atoms with Crippen LogP contribution in [0.3, 0.4) is 0 Å². The molecule has 0 aliphatic rings. The van der Waals surface area contributed by atoms with E-state index in [9.17, 15) is 0 Å². The normalized spacial score (nSPS) is 15.4. The van der Waals surface area contributed by atoms with Crippen molar-refractivity contribution >= 4 is 0 Å². The van der Waals surface area contributed by atoms with Gasteiger partial charge >= 0.3 is 0 Å². The Hall–Kier alpha value is -0.800. The summed E-state index contributed by atoms with van der Waals surface area (Å²) in [6, 6.07) is 2.16. The Labute approximate surface area is 85.2 Å². The molecule has 80 valence electrons. The lowest BCUT2D eigenvalue weighted by atomic mass is 10.0. The van der Waals surface area contributed by atoms with Gasteiger partial charge in [0.05, 0.1) is 18.6 Å². The van der Waals surface area contributed by atoms with Gasteiger partial charge in [0, 0.05) is 13.2 Å². The van der Waals surface area contributed by atoms with Crippen LogP contribution in [0.15, 0.2) is 23.0 Å². The Kier molecular flexibility index (Phi) is 4.70. The average molecular weight is 197 g/mol. The van der Waals surface area contributed by atoms with E-state index in [4.69, 9.17) is 14.9 Å². The van der Waals surface area contributed by atoms with Gasteiger partial charge < -0.3 is 14.9 Å². The molecule has 3 nitrogen and oxygen atoms in total. The van der Waals surface area contributed by atoms with E-state index in [-0.39, 0.29) is 6.04 Å². The van der Waals surface area contributed by atoms with E-state index in [1.807, 2.05) is 6.07 Å². The van der Waals surface area contributed by atoms with Crippen LogP contribution >= 0.6 is 0 Å². The first kappa shape index (κ1) is 11.3. The summed E-state index contributed by atoms with van der Waals surface area (Å²) < 4.78 is 10.1. The number of hydrogen-bond donors (Lipinski definition) is 1. The molecule has 0 aliphatic heterocycles. The predicted octanol–water partition coefficient (Wildman–Crippen LogP) is 1.96. The molecule has 2 unspecified atom stereocenters. The van der Waals surface area contributed by atoms with Crippen molar-refractivity contribution in [1.82, 2.24) is 0 Å². The molecule has 1 rings (SSSR count). The van der Waals surface area contributed by atoms with Crippen LogP contribution in [0, 0.1) is 0 Å². The van der Waals surface area contributed by atoms with Gasteiger partial charge in [-0.05, 0) is 37.8 Å². The maximum absolute atomic E-state index is 5.97. The zero-order chi connectivity index (χ0) is 10.4. The van der Waals surface area contributed by atoms with Crippen molar-refractivity contribution in [3.8, 4) is 0 Å².